The summed E-state index contributed by atoms with van der Waals surface area (Å²) in [4.78, 5) is 6.84. The van der Waals surface area contributed by atoms with Gasteiger partial charge < -0.3 is 9.47 Å². The molecule has 0 bridgehead atoms. The van der Waals surface area contributed by atoms with Crippen molar-refractivity contribution in [1.82, 2.24) is 9.55 Å². The fourth-order valence-corrected chi connectivity index (χ4v) is 2.01. The van der Waals surface area contributed by atoms with E-state index in [4.69, 9.17) is 0 Å². The summed E-state index contributed by atoms with van der Waals surface area (Å²) < 4.78 is 2.28. The molecule has 0 saturated carbocycles. The Bertz CT molecular complexity index is 284. The standard InChI is InChI=1S/C10H17N3/c1-3-13-9(2)8-11-10(13)12-6-4-5-7-12/h8H,3-7H2,1-2H3. The van der Waals surface area contributed by atoms with Gasteiger partial charge in [0.2, 0.25) is 5.95 Å². The van der Waals surface area contributed by atoms with Crippen LogP contribution in [-0.2, 0) is 6.54 Å². The molecule has 0 aromatic carbocycles. The molecule has 1 aliphatic rings. The Kier molecular flexibility index (Phi) is 2.25. The Hall–Kier alpha value is -0.990. The van der Waals surface area contributed by atoms with Gasteiger partial charge in [0.1, 0.15) is 0 Å². The van der Waals surface area contributed by atoms with E-state index >= 15 is 0 Å². The molecular weight excluding hydrogens is 162 g/mol. The molecule has 2 heterocycles. The molecule has 0 N–H and O–H groups in total. The van der Waals surface area contributed by atoms with Crippen LogP contribution in [0.1, 0.15) is 25.5 Å². The van der Waals surface area contributed by atoms with Crippen LogP contribution in [0.5, 0.6) is 0 Å². The van der Waals surface area contributed by atoms with Crippen LogP contribution in [0.15, 0.2) is 6.20 Å². The molecule has 1 aliphatic heterocycles. The molecule has 0 spiro atoms. The molecule has 2 rings (SSSR count). The van der Waals surface area contributed by atoms with Gasteiger partial charge in [0.05, 0.1) is 6.20 Å². The van der Waals surface area contributed by atoms with Crippen LogP contribution >= 0.6 is 0 Å². The lowest BCUT2D eigenvalue weighted by atomic mass is 10.4. The SMILES string of the molecule is CCn1c(C)cnc1N1CCCC1. The highest BCUT2D eigenvalue weighted by Crippen LogP contribution is 2.19. The molecule has 3 nitrogen and oxygen atoms in total. The summed E-state index contributed by atoms with van der Waals surface area (Å²) in [6.45, 7) is 7.68. The van der Waals surface area contributed by atoms with Crippen molar-refractivity contribution in [2.45, 2.75) is 33.2 Å². The third-order valence-electron chi connectivity index (χ3n) is 2.74. The van der Waals surface area contributed by atoms with Crippen LogP contribution in [0.3, 0.4) is 0 Å². The molecule has 1 aromatic rings. The summed E-state index contributed by atoms with van der Waals surface area (Å²) in [7, 11) is 0. The third-order valence-corrected chi connectivity index (χ3v) is 2.74. The zero-order chi connectivity index (χ0) is 9.26. The van der Waals surface area contributed by atoms with E-state index in [2.05, 4.69) is 28.3 Å². The van der Waals surface area contributed by atoms with Crippen molar-refractivity contribution >= 4 is 5.95 Å². The zero-order valence-electron chi connectivity index (χ0n) is 8.45. The molecule has 0 amide bonds. The maximum absolute atomic E-state index is 4.46. The molecule has 0 atom stereocenters. The largest absolute Gasteiger partial charge is 0.342 e. The lowest BCUT2D eigenvalue weighted by Gasteiger charge is -2.17. The molecule has 0 radical (unpaired) electrons. The quantitative estimate of drug-likeness (QED) is 0.690. The Balaban J connectivity index is 2.27. The Labute approximate surface area is 79.4 Å². The lowest BCUT2D eigenvalue weighted by molar-refractivity contribution is 0.712. The Morgan fingerprint density at radius 3 is 2.69 bits per heavy atom. The third kappa shape index (κ3) is 1.43. The summed E-state index contributed by atoms with van der Waals surface area (Å²) in [5.74, 6) is 1.16. The van der Waals surface area contributed by atoms with Gasteiger partial charge in [0, 0.05) is 25.3 Å². The molecule has 72 valence electrons. The number of aromatic nitrogens is 2. The molecule has 3 heteroatoms. The minimum absolute atomic E-state index is 1.03. The van der Waals surface area contributed by atoms with E-state index in [9.17, 15) is 0 Å². The first-order valence-corrected chi connectivity index (χ1v) is 5.10. The first-order valence-electron chi connectivity index (χ1n) is 5.10. The van der Waals surface area contributed by atoms with E-state index in [0.717, 1.165) is 12.5 Å². The fourth-order valence-electron chi connectivity index (χ4n) is 2.01. The highest BCUT2D eigenvalue weighted by Gasteiger charge is 2.17. The van der Waals surface area contributed by atoms with Crippen LogP contribution in [0.2, 0.25) is 0 Å². The monoisotopic (exact) mass is 179 g/mol. The van der Waals surface area contributed by atoms with E-state index in [-0.39, 0.29) is 0 Å². The maximum atomic E-state index is 4.46. The van der Waals surface area contributed by atoms with E-state index in [1.54, 1.807) is 0 Å². The van der Waals surface area contributed by atoms with Crippen molar-refractivity contribution in [3.05, 3.63) is 11.9 Å². The normalized spacial score (nSPS) is 16.9. The van der Waals surface area contributed by atoms with E-state index in [1.165, 1.54) is 31.6 Å². The first-order chi connectivity index (χ1) is 6.33. The number of nitrogens with zero attached hydrogens (tertiary/aromatic N) is 3. The average Bonchev–Trinajstić information content (AvgIpc) is 2.71. The van der Waals surface area contributed by atoms with Gasteiger partial charge >= 0.3 is 0 Å². The van der Waals surface area contributed by atoms with Gasteiger partial charge in [-0.2, -0.15) is 0 Å². The van der Waals surface area contributed by atoms with Gasteiger partial charge in [-0.15, -0.1) is 0 Å². The summed E-state index contributed by atoms with van der Waals surface area (Å²) in [6, 6.07) is 0. The van der Waals surface area contributed by atoms with E-state index < -0.39 is 0 Å². The second-order valence-electron chi connectivity index (χ2n) is 3.64. The van der Waals surface area contributed by atoms with Crippen molar-refractivity contribution < 1.29 is 0 Å². The minimum atomic E-state index is 1.03. The van der Waals surface area contributed by atoms with Gasteiger partial charge in [-0.25, -0.2) is 4.98 Å². The summed E-state index contributed by atoms with van der Waals surface area (Å²) >= 11 is 0. The van der Waals surface area contributed by atoms with E-state index in [0.29, 0.717) is 0 Å². The predicted octanol–water partition coefficient (Wildman–Crippen LogP) is 1.81. The van der Waals surface area contributed by atoms with E-state index in [1.807, 2.05) is 6.20 Å². The van der Waals surface area contributed by atoms with Crippen LogP contribution in [0.4, 0.5) is 5.95 Å². The number of hydrogen-bond donors (Lipinski definition) is 0. The van der Waals surface area contributed by atoms with Gasteiger partial charge in [-0.1, -0.05) is 0 Å². The smallest absolute Gasteiger partial charge is 0.205 e. The van der Waals surface area contributed by atoms with Gasteiger partial charge in [-0.05, 0) is 26.7 Å². The second kappa shape index (κ2) is 3.40. The molecule has 1 fully saturated rings. The number of aryl methyl sites for hydroxylation is 1. The van der Waals surface area contributed by atoms with Gasteiger partial charge in [0.25, 0.3) is 0 Å². The lowest BCUT2D eigenvalue weighted by Crippen LogP contribution is -2.22. The van der Waals surface area contributed by atoms with Crippen LogP contribution in [0.25, 0.3) is 0 Å². The van der Waals surface area contributed by atoms with Crippen LogP contribution in [0, 0.1) is 6.92 Å². The van der Waals surface area contributed by atoms with Crippen LogP contribution in [-0.4, -0.2) is 22.6 Å². The number of hydrogen-bond acceptors (Lipinski definition) is 2. The Morgan fingerprint density at radius 2 is 2.08 bits per heavy atom. The number of anilines is 1. The molecule has 13 heavy (non-hydrogen) atoms. The molecule has 0 aliphatic carbocycles. The summed E-state index contributed by atoms with van der Waals surface area (Å²) in [5, 5.41) is 0. The predicted molar refractivity (Wildman–Crippen MR) is 54.1 cm³/mol. The van der Waals surface area contributed by atoms with Crippen molar-refractivity contribution in [2.75, 3.05) is 18.0 Å². The van der Waals surface area contributed by atoms with Crippen molar-refractivity contribution in [3.63, 3.8) is 0 Å². The first kappa shape index (κ1) is 8.60. The van der Waals surface area contributed by atoms with Crippen molar-refractivity contribution in [3.8, 4) is 0 Å². The number of rotatable bonds is 2. The van der Waals surface area contributed by atoms with Crippen LogP contribution < -0.4 is 4.90 Å². The zero-order valence-corrected chi connectivity index (χ0v) is 8.45. The van der Waals surface area contributed by atoms with Crippen molar-refractivity contribution in [1.29, 1.82) is 0 Å². The fraction of sp³-hybridized carbons (Fsp3) is 0.700. The highest BCUT2D eigenvalue weighted by molar-refractivity contribution is 5.34. The van der Waals surface area contributed by atoms with Crippen molar-refractivity contribution in [2.24, 2.45) is 0 Å². The topological polar surface area (TPSA) is 21.1 Å². The van der Waals surface area contributed by atoms with Gasteiger partial charge in [-0.3, -0.25) is 0 Å². The molecule has 1 saturated heterocycles. The van der Waals surface area contributed by atoms with Gasteiger partial charge in [0.15, 0.2) is 0 Å². The average molecular weight is 179 g/mol. The summed E-state index contributed by atoms with van der Waals surface area (Å²) in [6.07, 6.45) is 4.60. The Morgan fingerprint density at radius 1 is 1.38 bits per heavy atom. The number of imidazole rings is 1. The molecule has 1 aromatic heterocycles. The second-order valence-corrected chi connectivity index (χ2v) is 3.64. The highest BCUT2D eigenvalue weighted by atomic mass is 15.3. The summed E-state index contributed by atoms with van der Waals surface area (Å²) in [5.41, 5.74) is 1.27. The minimum Gasteiger partial charge on any atom is -0.342 e. The maximum Gasteiger partial charge on any atom is 0.205 e. The molecular formula is C10H17N3. The molecule has 0 unspecified atom stereocenters.